The zero-order chi connectivity index (χ0) is 16.3. The van der Waals surface area contributed by atoms with Gasteiger partial charge in [-0.2, -0.15) is 13.2 Å². The SMILES string of the molecule is CC1CCN(C(=O)C(C)Sc2ccc(C(F)(F)F)cn2)CC1. The van der Waals surface area contributed by atoms with E-state index in [9.17, 15) is 18.0 Å². The first-order chi connectivity index (χ1) is 10.3. The minimum Gasteiger partial charge on any atom is -0.342 e. The van der Waals surface area contributed by atoms with Crippen molar-refractivity contribution in [3.63, 3.8) is 0 Å². The van der Waals surface area contributed by atoms with Crippen LogP contribution in [0.15, 0.2) is 23.4 Å². The number of piperidine rings is 1. The Kier molecular flexibility index (Phi) is 5.36. The minimum atomic E-state index is -4.39. The van der Waals surface area contributed by atoms with Crippen molar-refractivity contribution >= 4 is 17.7 Å². The predicted octanol–water partition coefficient (Wildman–Crippen LogP) is 3.84. The number of alkyl halides is 3. The van der Waals surface area contributed by atoms with Crippen LogP contribution in [0.2, 0.25) is 0 Å². The van der Waals surface area contributed by atoms with Gasteiger partial charge in [0.2, 0.25) is 5.91 Å². The molecule has 1 unspecified atom stereocenters. The summed E-state index contributed by atoms with van der Waals surface area (Å²) in [6.07, 6.45) is -1.58. The first-order valence-electron chi connectivity index (χ1n) is 7.26. The van der Waals surface area contributed by atoms with Gasteiger partial charge in [0.1, 0.15) is 0 Å². The monoisotopic (exact) mass is 332 g/mol. The van der Waals surface area contributed by atoms with E-state index in [1.165, 1.54) is 17.8 Å². The molecule has 0 radical (unpaired) electrons. The Labute approximate surface area is 132 Å². The summed E-state index contributed by atoms with van der Waals surface area (Å²) in [5, 5.41) is 0.0804. The van der Waals surface area contributed by atoms with Crippen molar-refractivity contribution in [1.29, 1.82) is 0 Å². The number of halogens is 3. The van der Waals surface area contributed by atoms with Gasteiger partial charge >= 0.3 is 6.18 Å². The maximum Gasteiger partial charge on any atom is 0.417 e. The van der Waals surface area contributed by atoms with Crippen LogP contribution in [0.1, 0.15) is 32.3 Å². The van der Waals surface area contributed by atoms with Gasteiger partial charge in [-0.25, -0.2) is 4.98 Å². The van der Waals surface area contributed by atoms with Gasteiger partial charge in [0.25, 0.3) is 0 Å². The van der Waals surface area contributed by atoms with Gasteiger partial charge in [-0.15, -0.1) is 0 Å². The van der Waals surface area contributed by atoms with Crippen LogP contribution in [-0.4, -0.2) is 34.1 Å². The van der Waals surface area contributed by atoms with Gasteiger partial charge < -0.3 is 4.90 Å². The largest absolute Gasteiger partial charge is 0.417 e. The van der Waals surface area contributed by atoms with Crippen LogP contribution in [0.5, 0.6) is 0 Å². The third kappa shape index (κ3) is 4.38. The van der Waals surface area contributed by atoms with E-state index in [0.717, 1.165) is 38.2 Å². The highest BCUT2D eigenvalue weighted by Crippen LogP contribution is 2.30. The second-order valence-electron chi connectivity index (χ2n) is 5.65. The van der Waals surface area contributed by atoms with Gasteiger partial charge in [-0.3, -0.25) is 4.79 Å². The molecule has 1 saturated heterocycles. The molecule has 22 heavy (non-hydrogen) atoms. The molecule has 3 nitrogen and oxygen atoms in total. The Morgan fingerprint density at radius 1 is 1.36 bits per heavy atom. The van der Waals surface area contributed by atoms with Crippen molar-refractivity contribution in [2.45, 2.75) is 43.1 Å². The Morgan fingerprint density at radius 2 is 2.00 bits per heavy atom. The fraction of sp³-hybridized carbons (Fsp3) is 0.600. The predicted molar refractivity (Wildman–Crippen MR) is 79.5 cm³/mol. The smallest absolute Gasteiger partial charge is 0.342 e. The van der Waals surface area contributed by atoms with Crippen molar-refractivity contribution in [3.05, 3.63) is 23.9 Å². The normalized spacial score (nSPS) is 18.3. The van der Waals surface area contributed by atoms with E-state index in [0.29, 0.717) is 10.9 Å². The fourth-order valence-corrected chi connectivity index (χ4v) is 3.21. The van der Waals surface area contributed by atoms with Crippen LogP contribution in [0.25, 0.3) is 0 Å². The lowest BCUT2D eigenvalue weighted by molar-refractivity contribution is -0.138. The molecule has 0 spiro atoms. The summed E-state index contributed by atoms with van der Waals surface area (Å²) < 4.78 is 37.4. The van der Waals surface area contributed by atoms with Crippen molar-refractivity contribution in [1.82, 2.24) is 9.88 Å². The van der Waals surface area contributed by atoms with Crippen LogP contribution < -0.4 is 0 Å². The van der Waals surface area contributed by atoms with E-state index in [4.69, 9.17) is 0 Å². The molecule has 2 rings (SSSR count). The quantitative estimate of drug-likeness (QED) is 0.789. The molecule has 0 aromatic carbocycles. The van der Waals surface area contributed by atoms with E-state index in [-0.39, 0.29) is 11.2 Å². The van der Waals surface area contributed by atoms with Crippen LogP contribution in [0.3, 0.4) is 0 Å². The molecule has 1 atom stereocenters. The fourth-order valence-electron chi connectivity index (χ4n) is 2.34. The first kappa shape index (κ1) is 17.1. The molecule has 1 amide bonds. The average Bonchev–Trinajstić information content (AvgIpc) is 2.47. The molecule has 0 saturated carbocycles. The van der Waals surface area contributed by atoms with Gasteiger partial charge in [-0.05, 0) is 37.8 Å². The summed E-state index contributed by atoms with van der Waals surface area (Å²) in [6, 6.07) is 2.31. The van der Waals surface area contributed by atoms with E-state index in [1.54, 1.807) is 6.92 Å². The zero-order valence-corrected chi connectivity index (χ0v) is 13.4. The first-order valence-corrected chi connectivity index (χ1v) is 8.14. The highest BCUT2D eigenvalue weighted by Gasteiger charge is 2.31. The second-order valence-corrected chi connectivity index (χ2v) is 7.01. The summed E-state index contributed by atoms with van der Waals surface area (Å²) >= 11 is 1.20. The van der Waals surface area contributed by atoms with Crippen LogP contribution in [0, 0.1) is 5.92 Å². The highest BCUT2D eigenvalue weighted by atomic mass is 32.2. The molecular formula is C15H19F3N2OS. The maximum atomic E-state index is 12.5. The number of hydrogen-bond acceptors (Lipinski definition) is 3. The number of pyridine rings is 1. The zero-order valence-electron chi connectivity index (χ0n) is 12.6. The van der Waals surface area contributed by atoms with Gasteiger partial charge in [-0.1, -0.05) is 18.7 Å². The number of thioether (sulfide) groups is 1. The number of hydrogen-bond donors (Lipinski definition) is 0. The number of nitrogens with zero attached hydrogens (tertiary/aromatic N) is 2. The molecule has 0 N–H and O–H groups in total. The Morgan fingerprint density at radius 3 is 2.50 bits per heavy atom. The Balaban J connectivity index is 1.93. The molecule has 1 aromatic rings. The summed E-state index contributed by atoms with van der Waals surface area (Å²) in [5.74, 6) is 0.669. The summed E-state index contributed by atoms with van der Waals surface area (Å²) in [6.45, 7) is 5.45. The van der Waals surface area contributed by atoms with Crippen molar-refractivity contribution < 1.29 is 18.0 Å². The van der Waals surface area contributed by atoms with Crippen molar-refractivity contribution in [3.8, 4) is 0 Å². The number of carbonyl (C=O) groups excluding carboxylic acids is 1. The summed E-state index contributed by atoms with van der Waals surface area (Å²) in [7, 11) is 0. The number of likely N-dealkylation sites (tertiary alicyclic amines) is 1. The maximum absolute atomic E-state index is 12.5. The molecule has 1 aromatic heterocycles. The van der Waals surface area contributed by atoms with Crippen LogP contribution >= 0.6 is 11.8 Å². The Hall–Kier alpha value is -1.24. The summed E-state index contributed by atoms with van der Waals surface area (Å²) in [5.41, 5.74) is -0.777. The van der Waals surface area contributed by atoms with E-state index in [2.05, 4.69) is 11.9 Å². The lowest BCUT2D eigenvalue weighted by atomic mass is 9.99. The topological polar surface area (TPSA) is 33.2 Å². The molecule has 2 heterocycles. The third-order valence-corrected chi connectivity index (χ3v) is 4.84. The lowest BCUT2D eigenvalue weighted by Gasteiger charge is -2.32. The third-order valence-electron chi connectivity index (χ3n) is 3.80. The molecular weight excluding hydrogens is 313 g/mol. The molecule has 1 aliphatic rings. The molecule has 0 aliphatic carbocycles. The van der Waals surface area contributed by atoms with E-state index < -0.39 is 11.7 Å². The van der Waals surface area contributed by atoms with Crippen molar-refractivity contribution in [2.24, 2.45) is 5.92 Å². The van der Waals surface area contributed by atoms with Crippen molar-refractivity contribution in [2.75, 3.05) is 13.1 Å². The van der Waals surface area contributed by atoms with E-state index in [1.807, 2.05) is 4.90 Å². The van der Waals surface area contributed by atoms with Gasteiger partial charge in [0.05, 0.1) is 15.8 Å². The molecule has 1 fully saturated rings. The van der Waals surface area contributed by atoms with Crippen LogP contribution in [-0.2, 0) is 11.0 Å². The number of carbonyl (C=O) groups is 1. The summed E-state index contributed by atoms with van der Waals surface area (Å²) in [4.78, 5) is 18.0. The van der Waals surface area contributed by atoms with Gasteiger partial charge in [0.15, 0.2) is 0 Å². The second kappa shape index (κ2) is 6.89. The standard InChI is InChI=1S/C15H19F3N2OS/c1-10-5-7-20(8-6-10)14(21)11(2)22-13-4-3-12(9-19-13)15(16,17)18/h3-4,9-11H,5-8H2,1-2H3. The molecule has 0 bridgehead atoms. The average molecular weight is 332 g/mol. The van der Waals surface area contributed by atoms with Crippen LogP contribution in [0.4, 0.5) is 13.2 Å². The van der Waals surface area contributed by atoms with Gasteiger partial charge in [0, 0.05) is 19.3 Å². The molecule has 7 heteroatoms. The van der Waals surface area contributed by atoms with E-state index >= 15 is 0 Å². The highest BCUT2D eigenvalue weighted by molar-refractivity contribution is 8.00. The molecule has 122 valence electrons. The number of rotatable bonds is 3. The number of amides is 1. The minimum absolute atomic E-state index is 0.0265. The Bertz CT molecular complexity index is 511. The molecule has 1 aliphatic heterocycles. The number of aromatic nitrogens is 1. The lowest BCUT2D eigenvalue weighted by Crippen LogP contribution is -2.41.